The molecule has 0 aliphatic heterocycles. The maximum absolute atomic E-state index is 5.80. The molecule has 2 heteroatoms. The summed E-state index contributed by atoms with van der Waals surface area (Å²) in [4.78, 5) is 0.726. The first kappa shape index (κ1) is 13.5. The van der Waals surface area contributed by atoms with Crippen LogP contribution in [0.15, 0.2) is 0 Å². The highest BCUT2D eigenvalue weighted by Gasteiger charge is 2.21. The van der Waals surface area contributed by atoms with Gasteiger partial charge >= 0.3 is 0 Å². The number of rotatable bonds is 3. The van der Waals surface area contributed by atoms with E-state index in [4.69, 9.17) is 4.74 Å². The molecule has 0 aromatic rings. The van der Waals surface area contributed by atoms with Crippen molar-refractivity contribution < 1.29 is 4.74 Å². The van der Waals surface area contributed by atoms with E-state index in [1.54, 1.807) is 0 Å². The van der Waals surface area contributed by atoms with Gasteiger partial charge in [-0.25, -0.2) is 0 Å². The van der Waals surface area contributed by atoms with Gasteiger partial charge in [0.1, 0.15) is 0 Å². The molecule has 0 heterocycles. The second kappa shape index (κ2) is 6.24. The van der Waals surface area contributed by atoms with Gasteiger partial charge in [0.15, 0.2) is 0 Å². The summed E-state index contributed by atoms with van der Waals surface area (Å²) in [5.74, 6) is 0.829. The second-order valence-electron chi connectivity index (χ2n) is 5.66. The molecule has 0 bridgehead atoms. The molecule has 1 nitrogen and oxygen atoms in total. The molecule has 0 N–H and O–H groups in total. The monoisotopic (exact) mass is 276 g/mol. The third-order valence-corrected chi connectivity index (χ3v) is 4.30. The lowest BCUT2D eigenvalue weighted by molar-refractivity contribution is -0.00955. The molecule has 2 atom stereocenters. The van der Waals surface area contributed by atoms with Crippen molar-refractivity contribution in [1.29, 1.82) is 0 Å². The third-order valence-electron chi connectivity index (χ3n) is 3.09. The van der Waals surface area contributed by atoms with Crippen molar-refractivity contribution in [2.45, 2.75) is 69.7 Å². The van der Waals surface area contributed by atoms with Crippen LogP contribution in [-0.4, -0.2) is 17.0 Å². The van der Waals surface area contributed by atoms with Gasteiger partial charge in [-0.2, -0.15) is 0 Å². The minimum absolute atomic E-state index is 0.0204. The van der Waals surface area contributed by atoms with Gasteiger partial charge in [-0.05, 0) is 46.0 Å². The number of hydrogen-bond acceptors (Lipinski definition) is 1. The molecule has 1 rings (SSSR count). The zero-order valence-electron chi connectivity index (χ0n) is 10.4. The van der Waals surface area contributed by atoms with Crippen molar-refractivity contribution >= 4 is 15.9 Å². The molecule has 1 saturated carbocycles. The first-order valence-corrected chi connectivity index (χ1v) is 7.18. The topological polar surface area (TPSA) is 9.23 Å². The minimum Gasteiger partial charge on any atom is -0.376 e. The average Bonchev–Trinajstić information content (AvgIpc) is 2.30. The molecule has 90 valence electrons. The van der Waals surface area contributed by atoms with E-state index in [1.165, 1.54) is 38.5 Å². The zero-order valence-corrected chi connectivity index (χ0v) is 12.0. The SMILES string of the molecule is CC(C)(C)OCCC1CCCCCC1Br. The summed E-state index contributed by atoms with van der Waals surface area (Å²) >= 11 is 3.83. The number of halogens is 1. The normalized spacial score (nSPS) is 28.8. The Bertz CT molecular complexity index is 174. The van der Waals surface area contributed by atoms with E-state index in [1.807, 2.05) is 0 Å². The predicted molar refractivity (Wildman–Crippen MR) is 69.6 cm³/mol. The molecular formula is C13H25BrO. The van der Waals surface area contributed by atoms with E-state index in [2.05, 4.69) is 36.7 Å². The fraction of sp³-hybridized carbons (Fsp3) is 1.00. The lowest BCUT2D eigenvalue weighted by atomic mass is 9.97. The van der Waals surface area contributed by atoms with E-state index in [-0.39, 0.29) is 5.60 Å². The van der Waals surface area contributed by atoms with Crippen LogP contribution in [0.25, 0.3) is 0 Å². The van der Waals surface area contributed by atoms with Gasteiger partial charge in [0.2, 0.25) is 0 Å². The Morgan fingerprint density at radius 2 is 1.80 bits per heavy atom. The van der Waals surface area contributed by atoms with Crippen LogP contribution in [0.4, 0.5) is 0 Å². The fourth-order valence-electron chi connectivity index (χ4n) is 2.18. The largest absolute Gasteiger partial charge is 0.376 e. The van der Waals surface area contributed by atoms with Crippen LogP contribution in [0.2, 0.25) is 0 Å². The Labute approximate surface area is 103 Å². The lowest BCUT2D eigenvalue weighted by Crippen LogP contribution is -2.22. The zero-order chi connectivity index (χ0) is 11.3. The summed E-state index contributed by atoms with van der Waals surface area (Å²) in [6.45, 7) is 7.30. The van der Waals surface area contributed by atoms with Crippen molar-refractivity contribution in [3.63, 3.8) is 0 Å². The van der Waals surface area contributed by atoms with Gasteiger partial charge in [-0.3, -0.25) is 0 Å². The molecule has 0 aromatic heterocycles. The highest BCUT2D eigenvalue weighted by atomic mass is 79.9. The Morgan fingerprint density at radius 1 is 1.13 bits per heavy atom. The molecule has 0 saturated heterocycles. The summed E-state index contributed by atoms with van der Waals surface area (Å²) in [7, 11) is 0. The van der Waals surface area contributed by atoms with Gasteiger partial charge in [-0.1, -0.05) is 35.2 Å². The van der Waals surface area contributed by atoms with Crippen LogP contribution in [0.5, 0.6) is 0 Å². The molecule has 15 heavy (non-hydrogen) atoms. The van der Waals surface area contributed by atoms with Gasteiger partial charge in [-0.15, -0.1) is 0 Å². The van der Waals surface area contributed by atoms with Crippen LogP contribution in [0.3, 0.4) is 0 Å². The fourth-order valence-corrected chi connectivity index (χ4v) is 3.03. The molecule has 0 aromatic carbocycles. The first-order chi connectivity index (χ1) is 6.99. The Balaban J connectivity index is 2.23. The van der Waals surface area contributed by atoms with Gasteiger partial charge in [0, 0.05) is 11.4 Å². The quantitative estimate of drug-likeness (QED) is 0.543. The maximum atomic E-state index is 5.80. The molecule has 1 aliphatic rings. The Hall–Kier alpha value is 0.440. The second-order valence-corrected chi connectivity index (χ2v) is 6.84. The van der Waals surface area contributed by atoms with E-state index in [9.17, 15) is 0 Å². The van der Waals surface area contributed by atoms with E-state index < -0.39 is 0 Å². The minimum atomic E-state index is 0.0204. The molecule has 0 radical (unpaired) electrons. The summed E-state index contributed by atoms with van der Waals surface area (Å²) in [5.41, 5.74) is 0.0204. The number of hydrogen-bond donors (Lipinski definition) is 0. The van der Waals surface area contributed by atoms with Gasteiger partial charge < -0.3 is 4.74 Å². The van der Waals surface area contributed by atoms with E-state index in [0.29, 0.717) is 0 Å². The van der Waals surface area contributed by atoms with Gasteiger partial charge in [0.25, 0.3) is 0 Å². The molecule has 1 aliphatic carbocycles. The third kappa shape index (κ3) is 5.91. The molecule has 2 unspecified atom stereocenters. The van der Waals surface area contributed by atoms with Crippen molar-refractivity contribution in [2.75, 3.05) is 6.61 Å². The van der Waals surface area contributed by atoms with Gasteiger partial charge in [0.05, 0.1) is 5.60 Å². The molecule has 0 spiro atoms. The van der Waals surface area contributed by atoms with Crippen molar-refractivity contribution in [1.82, 2.24) is 0 Å². The van der Waals surface area contributed by atoms with Crippen molar-refractivity contribution in [3.8, 4) is 0 Å². The molecular weight excluding hydrogens is 252 g/mol. The van der Waals surface area contributed by atoms with Crippen LogP contribution in [-0.2, 0) is 4.74 Å². The van der Waals surface area contributed by atoms with Crippen LogP contribution in [0.1, 0.15) is 59.3 Å². The summed E-state index contributed by atoms with van der Waals surface area (Å²) in [6.07, 6.45) is 8.16. The summed E-state index contributed by atoms with van der Waals surface area (Å²) in [6, 6.07) is 0. The van der Waals surface area contributed by atoms with Crippen LogP contribution < -0.4 is 0 Å². The van der Waals surface area contributed by atoms with E-state index in [0.717, 1.165) is 17.4 Å². The standard InChI is InChI=1S/C13H25BrO/c1-13(2,3)15-10-9-11-7-5-4-6-8-12(11)14/h11-12H,4-10H2,1-3H3. The molecule has 1 fully saturated rings. The Kier molecular flexibility index (Phi) is 5.62. The summed E-state index contributed by atoms with van der Waals surface area (Å²) < 4.78 is 5.80. The lowest BCUT2D eigenvalue weighted by Gasteiger charge is -2.24. The van der Waals surface area contributed by atoms with Crippen LogP contribution >= 0.6 is 15.9 Å². The van der Waals surface area contributed by atoms with Crippen LogP contribution in [0, 0.1) is 5.92 Å². The Morgan fingerprint density at radius 3 is 2.47 bits per heavy atom. The average molecular weight is 277 g/mol. The van der Waals surface area contributed by atoms with Crippen molar-refractivity contribution in [2.24, 2.45) is 5.92 Å². The van der Waals surface area contributed by atoms with E-state index >= 15 is 0 Å². The smallest absolute Gasteiger partial charge is 0.0598 e. The predicted octanol–water partition coefficient (Wildman–Crippen LogP) is 4.54. The number of ether oxygens (including phenoxy) is 1. The summed E-state index contributed by atoms with van der Waals surface area (Å²) in [5, 5.41) is 0. The molecule has 0 amide bonds. The van der Waals surface area contributed by atoms with Crippen molar-refractivity contribution in [3.05, 3.63) is 0 Å². The first-order valence-electron chi connectivity index (χ1n) is 6.27. The number of alkyl halides is 1. The highest BCUT2D eigenvalue weighted by molar-refractivity contribution is 9.09. The maximum Gasteiger partial charge on any atom is 0.0598 e. The highest BCUT2D eigenvalue weighted by Crippen LogP contribution is 2.31.